The quantitative estimate of drug-likeness (QED) is 0.544. The number of esters is 2. The molecule has 0 N–H and O–H groups in total. The van der Waals surface area contributed by atoms with E-state index in [9.17, 15) is 14.4 Å². The van der Waals surface area contributed by atoms with Crippen molar-refractivity contribution in [2.24, 2.45) is 5.92 Å². The van der Waals surface area contributed by atoms with Crippen molar-refractivity contribution in [1.82, 2.24) is 0 Å². The van der Waals surface area contributed by atoms with Crippen LogP contribution in [0.5, 0.6) is 0 Å². The van der Waals surface area contributed by atoms with Crippen molar-refractivity contribution in [2.75, 3.05) is 13.2 Å². The van der Waals surface area contributed by atoms with E-state index in [0.29, 0.717) is 0 Å². The molecule has 1 aromatic rings. The Bertz CT molecular complexity index is 574. The van der Waals surface area contributed by atoms with Crippen LogP contribution in [-0.2, 0) is 23.9 Å². The van der Waals surface area contributed by atoms with Gasteiger partial charge in [-0.2, -0.15) is 0 Å². The van der Waals surface area contributed by atoms with E-state index in [4.69, 9.17) is 9.47 Å². The highest BCUT2D eigenvalue weighted by Crippen LogP contribution is 2.24. The normalized spacial score (nSPS) is 12.4. The molecule has 0 aliphatic rings. The molecule has 0 fully saturated rings. The third kappa shape index (κ3) is 6.46. The van der Waals surface area contributed by atoms with Gasteiger partial charge in [-0.3, -0.25) is 14.4 Å². The summed E-state index contributed by atoms with van der Waals surface area (Å²) >= 11 is 0. The number of Topliss-reactive ketones (excluding diaryl/α,β-unsaturated/α-hetero) is 1. The van der Waals surface area contributed by atoms with Crippen molar-refractivity contribution in [3.05, 3.63) is 42.0 Å². The summed E-state index contributed by atoms with van der Waals surface area (Å²) in [6.07, 6.45) is 1.92. The number of hydrogen-bond donors (Lipinski definition) is 0. The fraction of sp³-hybridized carbons (Fsp3) is 0.389. The second-order valence-corrected chi connectivity index (χ2v) is 5.02. The molecule has 0 spiro atoms. The zero-order valence-electron chi connectivity index (χ0n) is 13.7. The van der Waals surface area contributed by atoms with Gasteiger partial charge in [0.1, 0.15) is 18.3 Å². The summed E-state index contributed by atoms with van der Waals surface area (Å²) in [6.45, 7) is 4.71. The van der Waals surface area contributed by atoms with E-state index in [-0.39, 0.29) is 31.4 Å². The molecule has 1 atom stereocenters. The topological polar surface area (TPSA) is 69.7 Å². The van der Waals surface area contributed by atoms with Crippen LogP contribution in [0, 0.1) is 5.92 Å². The maximum absolute atomic E-state index is 12.0. The predicted molar refractivity (Wildman–Crippen MR) is 86.5 cm³/mol. The Morgan fingerprint density at radius 3 is 2.26 bits per heavy atom. The number of benzene rings is 1. The lowest BCUT2D eigenvalue weighted by Crippen LogP contribution is -2.24. The van der Waals surface area contributed by atoms with E-state index < -0.39 is 11.9 Å². The second kappa shape index (κ2) is 9.56. The van der Waals surface area contributed by atoms with E-state index in [1.807, 2.05) is 30.3 Å². The molecule has 1 rings (SSSR count). The number of allylic oxidation sites excluding steroid dienone is 1. The number of carbonyl (C=O) groups excluding carboxylic acids is 3. The Balaban J connectivity index is 3.01. The highest BCUT2D eigenvalue weighted by Gasteiger charge is 2.26. The number of ether oxygens (including phenoxy) is 2. The Hall–Kier alpha value is -2.43. The first kappa shape index (κ1) is 18.6. The number of hydrogen-bond acceptors (Lipinski definition) is 5. The van der Waals surface area contributed by atoms with Gasteiger partial charge in [-0.05, 0) is 37.5 Å². The maximum atomic E-state index is 12.0. The molecule has 124 valence electrons. The largest absolute Gasteiger partial charge is 0.465 e. The Morgan fingerprint density at radius 2 is 1.74 bits per heavy atom. The van der Waals surface area contributed by atoms with Gasteiger partial charge in [0, 0.05) is 6.92 Å². The first-order chi connectivity index (χ1) is 11.0. The number of ketones is 1. The molecule has 1 aromatic carbocycles. The predicted octanol–water partition coefficient (Wildman–Crippen LogP) is 2.79. The molecule has 0 saturated heterocycles. The van der Waals surface area contributed by atoms with E-state index in [0.717, 1.165) is 11.1 Å². The molecule has 0 radical (unpaired) electrons. The smallest absolute Gasteiger partial charge is 0.316 e. The summed E-state index contributed by atoms with van der Waals surface area (Å²) in [5, 5.41) is 0. The molecule has 0 aliphatic carbocycles. The summed E-state index contributed by atoms with van der Waals surface area (Å²) in [5.74, 6) is -2.03. The number of carbonyl (C=O) groups is 3. The Morgan fingerprint density at radius 1 is 1.09 bits per heavy atom. The lowest BCUT2D eigenvalue weighted by atomic mass is 9.91. The van der Waals surface area contributed by atoms with Gasteiger partial charge < -0.3 is 9.47 Å². The summed E-state index contributed by atoms with van der Waals surface area (Å²) in [7, 11) is 0. The first-order valence-electron chi connectivity index (χ1n) is 7.50. The van der Waals surface area contributed by atoms with Gasteiger partial charge in [0.25, 0.3) is 0 Å². The summed E-state index contributed by atoms with van der Waals surface area (Å²) < 4.78 is 9.90. The molecule has 1 unspecified atom stereocenters. The van der Waals surface area contributed by atoms with Crippen molar-refractivity contribution in [2.45, 2.75) is 27.2 Å². The van der Waals surface area contributed by atoms with Crippen LogP contribution in [0.2, 0.25) is 0 Å². The van der Waals surface area contributed by atoms with Gasteiger partial charge in [-0.25, -0.2) is 0 Å². The van der Waals surface area contributed by atoms with Crippen molar-refractivity contribution < 1.29 is 23.9 Å². The molecule has 0 saturated carbocycles. The fourth-order valence-corrected chi connectivity index (χ4v) is 2.09. The van der Waals surface area contributed by atoms with Crippen LogP contribution in [0.1, 0.15) is 32.8 Å². The average Bonchev–Trinajstić information content (AvgIpc) is 2.51. The fourth-order valence-electron chi connectivity index (χ4n) is 2.09. The van der Waals surface area contributed by atoms with Gasteiger partial charge in [0.15, 0.2) is 0 Å². The van der Waals surface area contributed by atoms with Gasteiger partial charge in [-0.1, -0.05) is 30.3 Å². The van der Waals surface area contributed by atoms with Crippen LogP contribution in [-0.4, -0.2) is 30.9 Å². The maximum Gasteiger partial charge on any atom is 0.316 e. The standard InChI is InChI=1S/C18H22O5/c1-4-22-18(21)17(13(2)19)12-16(10-11-23-14(3)20)15-8-6-5-7-9-15/h5-10,17H,4,11-12H2,1-3H3/b16-10+. The van der Waals surface area contributed by atoms with Crippen LogP contribution in [0.3, 0.4) is 0 Å². The van der Waals surface area contributed by atoms with E-state index in [2.05, 4.69) is 0 Å². The number of rotatable bonds is 8. The van der Waals surface area contributed by atoms with Crippen LogP contribution in [0.25, 0.3) is 5.57 Å². The molecule has 0 bridgehead atoms. The minimum absolute atomic E-state index is 0.0903. The van der Waals surface area contributed by atoms with Gasteiger partial charge in [0.2, 0.25) is 0 Å². The van der Waals surface area contributed by atoms with Gasteiger partial charge in [0.05, 0.1) is 6.61 Å². The van der Waals surface area contributed by atoms with Crippen LogP contribution in [0.4, 0.5) is 0 Å². The molecule has 0 aliphatic heterocycles. The molecule has 0 aromatic heterocycles. The van der Waals surface area contributed by atoms with Crippen LogP contribution < -0.4 is 0 Å². The zero-order chi connectivity index (χ0) is 17.2. The minimum Gasteiger partial charge on any atom is -0.465 e. The molecule has 5 nitrogen and oxygen atoms in total. The van der Waals surface area contributed by atoms with Crippen LogP contribution >= 0.6 is 0 Å². The molecule has 23 heavy (non-hydrogen) atoms. The van der Waals surface area contributed by atoms with Gasteiger partial charge >= 0.3 is 11.9 Å². The lowest BCUT2D eigenvalue weighted by molar-refractivity contribution is -0.151. The lowest BCUT2D eigenvalue weighted by Gasteiger charge is -2.15. The van der Waals surface area contributed by atoms with E-state index >= 15 is 0 Å². The monoisotopic (exact) mass is 318 g/mol. The minimum atomic E-state index is -0.862. The molecule has 0 amide bonds. The summed E-state index contributed by atoms with van der Waals surface area (Å²) in [6, 6.07) is 9.36. The highest BCUT2D eigenvalue weighted by molar-refractivity contribution is 5.99. The molecule has 5 heteroatoms. The van der Waals surface area contributed by atoms with Crippen molar-refractivity contribution in [3.8, 4) is 0 Å². The SMILES string of the molecule is CCOC(=O)C(C/C(=C\COC(C)=O)c1ccccc1)C(C)=O. The Labute approximate surface area is 136 Å². The molecular formula is C18H22O5. The van der Waals surface area contributed by atoms with Crippen LogP contribution in [0.15, 0.2) is 36.4 Å². The Kier molecular flexibility index (Phi) is 7.74. The highest BCUT2D eigenvalue weighted by atomic mass is 16.5. The third-order valence-electron chi connectivity index (χ3n) is 3.25. The van der Waals surface area contributed by atoms with E-state index in [1.165, 1.54) is 13.8 Å². The summed E-state index contributed by atoms with van der Waals surface area (Å²) in [5.41, 5.74) is 1.63. The first-order valence-corrected chi connectivity index (χ1v) is 7.50. The van der Waals surface area contributed by atoms with Crippen molar-refractivity contribution >= 4 is 23.3 Å². The summed E-state index contributed by atoms with van der Waals surface area (Å²) in [4.78, 5) is 34.7. The van der Waals surface area contributed by atoms with Gasteiger partial charge in [-0.15, -0.1) is 0 Å². The second-order valence-electron chi connectivity index (χ2n) is 5.02. The molecule has 0 heterocycles. The van der Waals surface area contributed by atoms with E-state index in [1.54, 1.807) is 13.0 Å². The molecular weight excluding hydrogens is 296 g/mol. The van der Waals surface area contributed by atoms with Crippen molar-refractivity contribution in [1.29, 1.82) is 0 Å². The average molecular weight is 318 g/mol. The zero-order valence-corrected chi connectivity index (χ0v) is 13.7. The third-order valence-corrected chi connectivity index (χ3v) is 3.25. The van der Waals surface area contributed by atoms with Crippen molar-refractivity contribution in [3.63, 3.8) is 0 Å².